The van der Waals surface area contributed by atoms with Gasteiger partial charge in [-0.05, 0) is 61.7 Å². The van der Waals surface area contributed by atoms with Crippen molar-refractivity contribution in [3.63, 3.8) is 0 Å². The van der Waals surface area contributed by atoms with Gasteiger partial charge in [-0.15, -0.1) is 0 Å². The molecule has 0 bridgehead atoms. The van der Waals surface area contributed by atoms with E-state index in [1.54, 1.807) is 21.9 Å². The quantitative estimate of drug-likeness (QED) is 0.448. The van der Waals surface area contributed by atoms with Crippen LogP contribution in [-0.2, 0) is 22.6 Å². The maximum Gasteiger partial charge on any atom is 0.254 e. The van der Waals surface area contributed by atoms with Gasteiger partial charge < -0.3 is 28.4 Å². The van der Waals surface area contributed by atoms with Crippen LogP contribution in [-0.4, -0.2) is 54.2 Å². The summed E-state index contributed by atoms with van der Waals surface area (Å²) in [4.78, 5) is 30.4. The molecule has 0 N–H and O–H groups in total. The molecule has 1 aromatic heterocycles. The summed E-state index contributed by atoms with van der Waals surface area (Å²) < 4.78 is 22.5. The summed E-state index contributed by atoms with van der Waals surface area (Å²) in [5.74, 6) is 2.45. The maximum atomic E-state index is 13.7. The molecule has 188 valence electrons. The van der Waals surface area contributed by atoms with Crippen molar-refractivity contribution >= 4 is 11.8 Å². The average Bonchev–Trinajstić information content (AvgIpc) is 3.66. The molecule has 2 aromatic carbocycles. The Bertz CT molecular complexity index is 1200. The van der Waals surface area contributed by atoms with Gasteiger partial charge in [0.25, 0.3) is 5.91 Å². The van der Waals surface area contributed by atoms with Crippen molar-refractivity contribution in [1.29, 1.82) is 0 Å². The number of nitrogens with zero attached hydrogens (tertiary/aromatic N) is 2. The van der Waals surface area contributed by atoms with E-state index >= 15 is 0 Å². The fraction of sp³-hybridized carbons (Fsp3) is 0.357. The molecule has 1 fully saturated rings. The monoisotopic (exact) mass is 490 g/mol. The Morgan fingerprint density at radius 2 is 1.78 bits per heavy atom. The van der Waals surface area contributed by atoms with Crippen LogP contribution < -0.4 is 9.47 Å². The van der Waals surface area contributed by atoms with Crippen LogP contribution in [0.3, 0.4) is 0 Å². The Morgan fingerprint density at radius 3 is 2.53 bits per heavy atom. The molecule has 8 heteroatoms. The lowest BCUT2D eigenvalue weighted by Crippen LogP contribution is -2.45. The van der Waals surface area contributed by atoms with Crippen molar-refractivity contribution in [3.8, 4) is 11.5 Å². The minimum absolute atomic E-state index is 0.0577. The Morgan fingerprint density at radius 1 is 0.944 bits per heavy atom. The average molecular weight is 491 g/mol. The van der Waals surface area contributed by atoms with Crippen molar-refractivity contribution in [2.45, 2.75) is 39.0 Å². The molecule has 2 amide bonds. The molecule has 0 aliphatic carbocycles. The molecule has 1 atom stereocenters. The lowest BCUT2D eigenvalue weighted by atomic mass is 10.1. The number of amides is 2. The minimum Gasteiger partial charge on any atom is -0.464 e. The molecule has 1 unspecified atom stereocenters. The van der Waals surface area contributed by atoms with Crippen LogP contribution in [0, 0.1) is 6.92 Å². The topological polar surface area (TPSA) is 81.5 Å². The molecule has 3 heterocycles. The third kappa shape index (κ3) is 5.71. The summed E-state index contributed by atoms with van der Waals surface area (Å²) in [5.41, 5.74) is 1.45. The molecular weight excluding hydrogens is 460 g/mol. The van der Waals surface area contributed by atoms with Crippen molar-refractivity contribution in [2.24, 2.45) is 0 Å². The highest BCUT2D eigenvalue weighted by Gasteiger charge is 2.28. The lowest BCUT2D eigenvalue weighted by molar-refractivity contribution is -0.133. The van der Waals surface area contributed by atoms with Crippen LogP contribution in [0.5, 0.6) is 11.5 Å². The number of hydrogen-bond acceptors (Lipinski definition) is 6. The van der Waals surface area contributed by atoms with Crippen LogP contribution in [0.25, 0.3) is 0 Å². The van der Waals surface area contributed by atoms with E-state index in [1.807, 2.05) is 55.5 Å². The number of aryl methyl sites for hydroxylation is 1. The highest BCUT2D eigenvalue weighted by atomic mass is 16.7. The van der Waals surface area contributed by atoms with E-state index in [9.17, 15) is 9.59 Å². The van der Waals surface area contributed by atoms with Gasteiger partial charge in [0.1, 0.15) is 18.1 Å². The number of hydrogen-bond donors (Lipinski definition) is 0. The molecule has 36 heavy (non-hydrogen) atoms. The smallest absolute Gasteiger partial charge is 0.254 e. The zero-order valence-electron chi connectivity index (χ0n) is 20.4. The largest absolute Gasteiger partial charge is 0.464 e. The third-order valence-corrected chi connectivity index (χ3v) is 6.39. The zero-order valence-corrected chi connectivity index (χ0v) is 20.4. The van der Waals surface area contributed by atoms with E-state index in [0.717, 1.165) is 24.2 Å². The molecule has 3 aromatic rings. The van der Waals surface area contributed by atoms with Gasteiger partial charge in [0.05, 0.1) is 12.6 Å². The van der Waals surface area contributed by atoms with Gasteiger partial charge in [-0.2, -0.15) is 0 Å². The van der Waals surface area contributed by atoms with Gasteiger partial charge >= 0.3 is 0 Å². The number of carbonyl (C=O) groups excluding carboxylic acids is 2. The van der Waals surface area contributed by atoms with Crippen molar-refractivity contribution < 1.29 is 28.2 Å². The summed E-state index contributed by atoms with van der Waals surface area (Å²) in [6.07, 6.45) is 1.76. The predicted molar refractivity (Wildman–Crippen MR) is 132 cm³/mol. The number of ether oxygens (including phenoxy) is 3. The van der Waals surface area contributed by atoms with E-state index in [2.05, 4.69) is 0 Å². The summed E-state index contributed by atoms with van der Waals surface area (Å²) in [5, 5.41) is 0. The van der Waals surface area contributed by atoms with Crippen molar-refractivity contribution in [3.05, 3.63) is 83.3 Å². The second-order valence-corrected chi connectivity index (χ2v) is 9.14. The first-order chi connectivity index (χ1) is 17.5. The number of benzene rings is 2. The van der Waals surface area contributed by atoms with Gasteiger partial charge in [-0.25, -0.2) is 0 Å². The maximum absolute atomic E-state index is 13.7. The van der Waals surface area contributed by atoms with Crippen molar-refractivity contribution in [1.82, 2.24) is 9.80 Å². The third-order valence-electron chi connectivity index (χ3n) is 6.39. The van der Waals surface area contributed by atoms with Gasteiger partial charge in [0.2, 0.25) is 12.7 Å². The Balaban J connectivity index is 1.37. The number of carbonyl (C=O) groups is 2. The van der Waals surface area contributed by atoms with Crippen molar-refractivity contribution in [2.75, 3.05) is 26.5 Å². The molecule has 2 aliphatic heterocycles. The van der Waals surface area contributed by atoms with Crippen LogP contribution in [0.4, 0.5) is 0 Å². The molecular formula is C28H30N2O6. The van der Waals surface area contributed by atoms with E-state index in [-0.39, 0.29) is 37.8 Å². The van der Waals surface area contributed by atoms with Crippen LogP contribution >= 0.6 is 0 Å². The van der Waals surface area contributed by atoms with E-state index in [4.69, 9.17) is 18.6 Å². The normalized spacial score (nSPS) is 16.2. The fourth-order valence-electron chi connectivity index (χ4n) is 4.53. The van der Waals surface area contributed by atoms with Gasteiger partial charge in [-0.3, -0.25) is 9.59 Å². The van der Waals surface area contributed by atoms with E-state index < -0.39 is 0 Å². The highest BCUT2D eigenvalue weighted by Crippen LogP contribution is 2.33. The summed E-state index contributed by atoms with van der Waals surface area (Å²) in [7, 11) is 0. The SMILES string of the molecule is Cc1ccc(CN(Cc2ccc3c(c2)OCO3)C(=O)CN(CC2CCCO2)C(=O)c2ccccc2)o1. The number of rotatable bonds is 9. The molecule has 2 aliphatic rings. The molecule has 0 saturated carbocycles. The summed E-state index contributed by atoms with van der Waals surface area (Å²) in [6.45, 7) is 3.67. The molecule has 0 radical (unpaired) electrons. The second-order valence-electron chi connectivity index (χ2n) is 9.14. The minimum atomic E-state index is -0.184. The first-order valence-electron chi connectivity index (χ1n) is 12.2. The molecule has 1 saturated heterocycles. The number of fused-ring (bicyclic) bond motifs is 1. The van der Waals surface area contributed by atoms with Gasteiger partial charge in [-0.1, -0.05) is 24.3 Å². The summed E-state index contributed by atoms with van der Waals surface area (Å²) >= 11 is 0. The van der Waals surface area contributed by atoms with Gasteiger partial charge in [0.15, 0.2) is 11.5 Å². The van der Waals surface area contributed by atoms with Gasteiger partial charge in [0, 0.05) is 25.3 Å². The van der Waals surface area contributed by atoms with Crippen LogP contribution in [0.15, 0.2) is 65.1 Å². The Kier molecular flexibility index (Phi) is 7.23. The molecule has 5 rings (SSSR count). The summed E-state index contributed by atoms with van der Waals surface area (Å²) in [6, 6.07) is 18.4. The lowest BCUT2D eigenvalue weighted by Gasteiger charge is -2.29. The van der Waals surface area contributed by atoms with Crippen LogP contribution in [0.2, 0.25) is 0 Å². The first kappa shape index (κ1) is 23.9. The highest BCUT2D eigenvalue weighted by molar-refractivity contribution is 5.96. The van der Waals surface area contributed by atoms with Crippen LogP contribution in [0.1, 0.15) is 40.3 Å². The standard InChI is InChI=1S/C28H30N2O6/c1-20-9-11-24(36-20)17-29(15-21-10-12-25-26(14-21)35-19-34-25)27(31)18-30(16-23-8-5-13-33-23)28(32)22-6-3-2-4-7-22/h2-4,6-7,9-12,14,23H,5,8,13,15-19H2,1H3. The molecule has 8 nitrogen and oxygen atoms in total. The fourth-order valence-corrected chi connectivity index (χ4v) is 4.53. The molecule has 0 spiro atoms. The predicted octanol–water partition coefficient (Wildman–Crippen LogP) is 4.17. The van der Waals surface area contributed by atoms with E-state index in [1.165, 1.54) is 0 Å². The number of furan rings is 1. The first-order valence-corrected chi connectivity index (χ1v) is 12.2. The Labute approximate surface area is 210 Å². The van der Waals surface area contributed by atoms with E-state index in [0.29, 0.717) is 42.5 Å². The zero-order chi connectivity index (χ0) is 24.9. The second kappa shape index (κ2) is 10.9. The Hall–Kier alpha value is -3.78.